The molecule has 0 N–H and O–H groups in total. The van der Waals surface area contributed by atoms with Crippen LogP contribution in [0.15, 0.2) is 69.2 Å². The molecule has 9 nitrogen and oxygen atoms in total. The summed E-state index contributed by atoms with van der Waals surface area (Å²) in [5.41, 5.74) is 1.03. The van der Waals surface area contributed by atoms with E-state index in [0.717, 1.165) is 20.9 Å². The minimum absolute atomic E-state index is 0.0718. The molecule has 0 unspecified atom stereocenters. The summed E-state index contributed by atoms with van der Waals surface area (Å²) < 4.78 is 25.3. The lowest BCUT2D eigenvalue weighted by Crippen LogP contribution is -2.24. The molecule has 0 saturated heterocycles. The Bertz CT molecular complexity index is 1350. The van der Waals surface area contributed by atoms with Gasteiger partial charge >= 0.3 is 11.7 Å². The number of halogens is 1. The molecule has 0 fully saturated rings. The second kappa shape index (κ2) is 9.57. The average Bonchev–Trinajstić information content (AvgIpc) is 3.41. The predicted octanol–water partition coefficient (Wildman–Crippen LogP) is 3.53. The number of ether oxygens (including phenoxy) is 1. The van der Waals surface area contributed by atoms with Crippen molar-refractivity contribution in [2.45, 2.75) is 20.1 Å². The van der Waals surface area contributed by atoms with Gasteiger partial charge in [-0.3, -0.25) is 14.5 Å². The number of rotatable bonds is 7. The Morgan fingerprint density at radius 1 is 1.15 bits per heavy atom. The maximum absolute atomic E-state index is 14.2. The molecule has 2 heterocycles. The van der Waals surface area contributed by atoms with E-state index in [0.29, 0.717) is 11.3 Å². The van der Waals surface area contributed by atoms with Crippen LogP contribution < -0.4 is 10.7 Å². The van der Waals surface area contributed by atoms with Crippen LogP contribution in [0.4, 0.5) is 15.2 Å². The molecule has 0 spiro atoms. The van der Waals surface area contributed by atoms with Gasteiger partial charge < -0.3 is 9.15 Å². The molecule has 1 amide bonds. The quantitative estimate of drug-likeness (QED) is 0.382. The number of carbonyl (C=O) groups excluding carboxylic acids is 2. The van der Waals surface area contributed by atoms with Gasteiger partial charge in [-0.2, -0.15) is 4.68 Å². The highest BCUT2D eigenvalue weighted by atomic mass is 32.1. The Hall–Kier alpha value is -4.12. The zero-order chi connectivity index (χ0) is 23.4. The first-order valence-corrected chi connectivity index (χ1v) is 10.6. The fraction of sp³-hybridized carbons (Fsp3) is 0.136. The number of carbonyl (C=O) groups is 2. The van der Waals surface area contributed by atoms with Gasteiger partial charge in [0.25, 0.3) is 0 Å². The van der Waals surface area contributed by atoms with Crippen molar-refractivity contribution in [1.29, 1.82) is 0 Å². The van der Waals surface area contributed by atoms with Crippen molar-refractivity contribution in [2.75, 3.05) is 4.90 Å². The maximum atomic E-state index is 14.2. The largest absolute Gasteiger partial charge is 0.458 e. The molecule has 0 radical (unpaired) electrons. The van der Waals surface area contributed by atoms with Crippen LogP contribution in [0.25, 0.3) is 11.5 Å². The summed E-state index contributed by atoms with van der Waals surface area (Å²) in [6.45, 7) is 0.657. The molecule has 0 bridgehead atoms. The highest BCUT2D eigenvalue weighted by molar-refractivity contribution is 7.14. The minimum Gasteiger partial charge on any atom is -0.458 e. The summed E-state index contributed by atoms with van der Waals surface area (Å²) in [6, 6.07) is 14.6. The molecule has 168 valence electrons. The van der Waals surface area contributed by atoms with E-state index in [9.17, 15) is 18.8 Å². The maximum Gasteiger partial charge on any atom is 0.437 e. The van der Waals surface area contributed by atoms with E-state index < -0.39 is 30.0 Å². The lowest BCUT2D eigenvalue weighted by atomic mass is 10.2. The minimum atomic E-state index is -0.788. The molecule has 0 aliphatic rings. The zero-order valence-corrected chi connectivity index (χ0v) is 18.1. The van der Waals surface area contributed by atoms with E-state index >= 15 is 0 Å². The molecule has 0 saturated carbocycles. The standard InChI is InChI=1S/C22H17FN4O5S/c1-14(28)27(18-10-6-5-9-17(18)23)21-24-16(13-33-21)12-31-19(29)11-26-22(30)32-20(25-26)15-7-3-2-4-8-15/h2-10,13H,11-12H2,1H3. The molecule has 4 rings (SSSR count). The number of esters is 1. The highest BCUT2D eigenvalue weighted by Gasteiger charge is 2.21. The second-order valence-electron chi connectivity index (χ2n) is 6.78. The fourth-order valence-corrected chi connectivity index (χ4v) is 3.80. The van der Waals surface area contributed by atoms with Crippen molar-refractivity contribution < 1.29 is 23.1 Å². The number of hydrogen-bond donors (Lipinski definition) is 0. The Balaban J connectivity index is 1.41. The molecular weight excluding hydrogens is 451 g/mol. The van der Waals surface area contributed by atoms with Gasteiger partial charge in [0.1, 0.15) is 19.0 Å². The normalized spacial score (nSPS) is 10.7. The van der Waals surface area contributed by atoms with Gasteiger partial charge in [-0.05, 0) is 24.3 Å². The highest BCUT2D eigenvalue weighted by Crippen LogP contribution is 2.30. The summed E-state index contributed by atoms with van der Waals surface area (Å²) in [7, 11) is 0. The lowest BCUT2D eigenvalue weighted by molar-refractivity contribution is -0.146. The third kappa shape index (κ3) is 5.04. The van der Waals surface area contributed by atoms with Crippen molar-refractivity contribution in [3.05, 3.63) is 82.0 Å². The molecule has 2 aromatic carbocycles. The monoisotopic (exact) mass is 468 g/mol. The number of anilines is 2. The first-order chi connectivity index (χ1) is 15.9. The van der Waals surface area contributed by atoms with Crippen LogP contribution in [0.1, 0.15) is 12.6 Å². The van der Waals surface area contributed by atoms with E-state index in [2.05, 4.69) is 10.1 Å². The number of thiazole rings is 1. The number of para-hydroxylation sites is 1. The number of hydrogen-bond acceptors (Lipinski definition) is 8. The summed E-state index contributed by atoms with van der Waals surface area (Å²) in [5.74, 6) is -2.41. The van der Waals surface area contributed by atoms with Crippen LogP contribution in [-0.2, 0) is 27.5 Å². The Kier molecular flexibility index (Phi) is 6.41. The van der Waals surface area contributed by atoms with Gasteiger partial charge in [-0.25, -0.2) is 14.2 Å². The second-order valence-corrected chi connectivity index (χ2v) is 7.62. The molecule has 2 aromatic heterocycles. The molecule has 11 heteroatoms. The Morgan fingerprint density at radius 2 is 1.88 bits per heavy atom. The molecule has 33 heavy (non-hydrogen) atoms. The van der Waals surface area contributed by atoms with Gasteiger partial charge in [0.15, 0.2) is 5.13 Å². The lowest BCUT2D eigenvalue weighted by Gasteiger charge is -2.18. The summed E-state index contributed by atoms with van der Waals surface area (Å²) in [6.07, 6.45) is 0. The van der Waals surface area contributed by atoms with Crippen molar-refractivity contribution in [1.82, 2.24) is 14.8 Å². The molecule has 0 atom stereocenters. The predicted molar refractivity (Wildman–Crippen MR) is 117 cm³/mol. The fourth-order valence-electron chi connectivity index (χ4n) is 2.93. The molecule has 0 aliphatic carbocycles. The zero-order valence-electron chi connectivity index (χ0n) is 17.3. The van der Waals surface area contributed by atoms with E-state index in [-0.39, 0.29) is 23.3 Å². The topological polar surface area (TPSA) is 108 Å². The Morgan fingerprint density at radius 3 is 2.61 bits per heavy atom. The van der Waals surface area contributed by atoms with Crippen LogP contribution in [0.3, 0.4) is 0 Å². The van der Waals surface area contributed by atoms with E-state index in [4.69, 9.17) is 9.15 Å². The van der Waals surface area contributed by atoms with Crippen LogP contribution in [0, 0.1) is 5.82 Å². The van der Waals surface area contributed by atoms with Crippen LogP contribution in [0.5, 0.6) is 0 Å². The smallest absolute Gasteiger partial charge is 0.437 e. The van der Waals surface area contributed by atoms with Crippen LogP contribution in [0.2, 0.25) is 0 Å². The third-order valence-electron chi connectivity index (χ3n) is 4.43. The summed E-state index contributed by atoms with van der Waals surface area (Å²) in [4.78, 5) is 41.7. The third-order valence-corrected chi connectivity index (χ3v) is 5.30. The number of aromatic nitrogens is 3. The van der Waals surface area contributed by atoms with Crippen molar-refractivity contribution in [3.63, 3.8) is 0 Å². The van der Waals surface area contributed by atoms with E-state index in [1.54, 1.807) is 35.7 Å². The first-order valence-electron chi connectivity index (χ1n) is 9.71. The van der Waals surface area contributed by atoms with Gasteiger partial charge in [0, 0.05) is 17.9 Å². The van der Waals surface area contributed by atoms with Crippen molar-refractivity contribution >= 4 is 34.0 Å². The number of amides is 1. The molecule has 0 aliphatic heterocycles. The summed E-state index contributed by atoms with van der Waals surface area (Å²) in [5, 5.41) is 5.83. The summed E-state index contributed by atoms with van der Waals surface area (Å²) >= 11 is 1.10. The van der Waals surface area contributed by atoms with Crippen LogP contribution >= 0.6 is 11.3 Å². The van der Waals surface area contributed by atoms with Gasteiger partial charge in [0.2, 0.25) is 11.8 Å². The first kappa shape index (κ1) is 22.1. The van der Waals surface area contributed by atoms with Crippen molar-refractivity contribution in [3.8, 4) is 11.5 Å². The van der Waals surface area contributed by atoms with E-state index in [1.165, 1.54) is 25.1 Å². The SMILES string of the molecule is CC(=O)N(c1nc(COC(=O)Cn2nc(-c3ccccc3)oc2=O)cs1)c1ccccc1F. The number of benzene rings is 2. The average molecular weight is 468 g/mol. The molecule has 4 aromatic rings. The molecular formula is C22H17FN4O5S. The number of nitrogens with zero attached hydrogens (tertiary/aromatic N) is 4. The van der Waals surface area contributed by atoms with Gasteiger partial charge in [0.05, 0.1) is 11.4 Å². The van der Waals surface area contributed by atoms with Gasteiger partial charge in [-0.1, -0.05) is 30.3 Å². The van der Waals surface area contributed by atoms with Gasteiger partial charge in [-0.15, -0.1) is 16.4 Å². The van der Waals surface area contributed by atoms with E-state index in [1.807, 2.05) is 6.07 Å². The van der Waals surface area contributed by atoms with Crippen molar-refractivity contribution in [2.24, 2.45) is 0 Å². The van der Waals surface area contributed by atoms with Crippen LogP contribution in [-0.4, -0.2) is 26.6 Å². The Labute approximate surface area is 190 Å².